The third-order valence-electron chi connectivity index (χ3n) is 4.99. The lowest BCUT2D eigenvalue weighted by atomic mass is 9.99. The molecule has 1 aromatic rings. The first-order valence-corrected chi connectivity index (χ1v) is 8.68. The van der Waals surface area contributed by atoms with E-state index in [4.69, 9.17) is 0 Å². The summed E-state index contributed by atoms with van der Waals surface area (Å²) in [5, 5.41) is 16.0. The van der Waals surface area contributed by atoms with Crippen molar-refractivity contribution in [2.45, 2.75) is 38.0 Å². The number of hydrogen-bond acceptors (Lipinski definition) is 4. The van der Waals surface area contributed by atoms with E-state index in [1.807, 2.05) is 18.2 Å². The van der Waals surface area contributed by atoms with Crippen molar-refractivity contribution in [3.8, 4) is 0 Å². The Hall–Kier alpha value is -0.850. The van der Waals surface area contributed by atoms with Crippen molar-refractivity contribution in [3.63, 3.8) is 0 Å². The van der Waals surface area contributed by atoms with E-state index in [2.05, 4.69) is 27.7 Å². The van der Waals surface area contributed by atoms with Crippen LogP contribution in [0.4, 0.5) is 0 Å². The number of hydrogen-bond donors (Lipinski definition) is 3. The van der Waals surface area contributed by atoms with Crippen LogP contribution < -0.4 is 10.6 Å². The number of halogens is 2. The number of nitrogens with zero attached hydrogens (tertiary/aromatic N) is 1. The van der Waals surface area contributed by atoms with Crippen LogP contribution in [0, 0.1) is 5.92 Å². The van der Waals surface area contributed by atoms with Crippen LogP contribution in [0.3, 0.4) is 0 Å². The number of benzene rings is 1. The normalized spacial score (nSPS) is 26.4. The van der Waals surface area contributed by atoms with E-state index < -0.39 is 0 Å². The second kappa shape index (κ2) is 11.0. The van der Waals surface area contributed by atoms with Gasteiger partial charge in [0.1, 0.15) is 0 Å². The zero-order chi connectivity index (χ0) is 16.1. The molecule has 0 aliphatic carbocycles. The number of rotatable bonds is 5. The van der Waals surface area contributed by atoms with E-state index in [0.717, 1.165) is 38.9 Å². The van der Waals surface area contributed by atoms with Gasteiger partial charge >= 0.3 is 0 Å². The number of likely N-dealkylation sites (tertiary alicyclic amines) is 1. The van der Waals surface area contributed by atoms with Crippen molar-refractivity contribution in [1.82, 2.24) is 15.5 Å². The first kappa shape index (κ1) is 22.2. The summed E-state index contributed by atoms with van der Waals surface area (Å²) in [6, 6.07) is 10.3. The zero-order valence-corrected chi connectivity index (χ0v) is 16.0. The van der Waals surface area contributed by atoms with Crippen molar-refractivity contribution >= 4 is 30.7 Å². The highest BCUT2D eigenvalue weighted by Crippen LogP contribution is 2.20. The Morgan fingerprint density at radius 1 is 1.20 bits per heavy atom. The Kier molecular flexibility index (Phi) is 9.75. The van der Waals surface area contributed by atoms with Gasteiger partial charge in [-0.2, -0.15) is 0 Å². The molecule has 0 aromatic heterocycles. The number of aliphatic hydroxyl groups is 1. The monoisotopic (exact) mass is 389 g/mol. The minimum absolute atomic E-state index is 0. The third-order valence-corrected chi connectivity index (χ3v) is 4.99. The molecule has 7 heteroatoms. The minimum Gasteiger partial charge on any atom is -0.391 e. The average Bonchev–Trinajstić information content (AvgIpc) is 2.99. The summed E-state index contributed by atoms with van der Waals surface area (Å²) in [6.45, 7) is 3.76. The first-order valence-electron chi connectivity index (χ1n) is 8.68. The molecule has 2 aliphatic rings. The van der Waals surface area contributed by atoms with E-state index in [1.54, 1.807) is 0 Å². The van der Waals surface area contributed by atoms with Gasteiger partial charge in [-0.3, -0.25) is 9.69 Å². The fourth-order valence-electron chi connectivity index (χ4n) is 3.57. The van der Waals surface area contributed by atoms with Gasteiger partial charge in [-0.15, -0.1) is 24.8 Å². The van der Waals surface area contributed by atoms with E-state index in [0.29, 0.717) is 13.1 Å². The standard InChI is InChI=1S/C18H27N3O2.2ClH/c22-17-12-19-10-15(17)11-20-18(23)16-8-4-5-9-21(16)13-14-6-2-1-3-7-14;;/h1-3,6-7,15-17,19,22H,4-5,8-13H2,(H,20,23);2*1H. The summed E-state index contributed by atoms with van der Waals surface area (Å²) in [5.41, 5.74) is 1.25. The zero-order valence-electron chi connectivity index (χ0n) is 14.4. The smallest absolute Gasteiger partial charge is 0.237 e. The van der Waals surface area contributed by atoms with Gasteiger partial charge in [0.25, 0.3) is 0 Å². The summed E-state index contributed by atoms with van der Waals surface area (Å²) < 4.78 is 0. The van der Waals surface area contributed by atoms with Gasteiger partial charge in [0, 0.05) is 32.1 Å². The van der Waals surface area contributed by atoms with Crippen LogP contribution in [0.5, 0.6) is 0 Å². The molecule has 3 N–H and O–H groups in total. The Balaban J connectivity index is 0.00000156. The predicted octanol–water partition coefficient (Wildman–Crippen LogP) is 1.58. The molecule has 2 heterocycles. The molecule has 0 spiro atoms. The van der Waals surface area contributed by atoms with Gasteiger partial charge in [-0.1, -0.05) is 36.8 Å². The first-order chi connectivity index (χ1) is 11.2. The fraction of sp³-hybridized carbons (Fsp3) is 0.611. The summed E-state index contributed by atoms with van der Waals surface area (Å²) in [4.78, 5) is 14.9. The van der Waals surface area contributed by atoms with Crippen LogP contribution in [0.2, 0.25) is 0 Å². The quantitative estimate of drug-likeness (QED) is 0.715. The highest BCUT2D eigenvalue weighted by Gasteiger charge is 2.30. The summed E-state index contributed by atoms with van der Waals surface area (Å²) >= 11 is 0. The molecular weight excluding hydrogens is 361 g/mol. The van der Waals surface area contributed by atoms with Gasteiger partial charge in [0.15, 0.2) is 0 Å². The van der Waals surface area contributed by atoms with Crippen molar-refractivity contribution in [3.05, 3.63) is 35.9 Å². The van der Waals surface area contributed by atoms with Crippen molar-refractivity contribution in [2.75, 3.05) is 26.2 Å². The van der Waals surface area contributed by atoms with Crippen LogP contribution in [-0.2, 0) is 11.3 Å². The van der Waals surface area contributed by atoms with E-state index >= 15 is 0 Å². The Labute approximate surface area is 162 Å². The van der Waals surface area contributed by atoms with Crippen LogP contribution in [0.15, 0.2) is 30.3 Å². The number of nitrogens with one attached hydrogen (secondary N) is 2. The lowest BCUT2D eigenvalue weighted by Gasteiger charge is -2.35. The number of β-amino-alcohol motifs (C(OH)–C–C–N with tert-alkyl or cyclic N) is 1. The summed E-state index contributed by atoms with van der Waals surface area (Å²) in [6.07, 6.45) is 2.84. The molecule has 1 amide bonds. The molecule has 3 atom stereocenters. The van der Waals surface area contributed by atoms with Gasteiger partial charge in [0.2, 0.25) is 5.91 Å². The summed E-state index contributed by atoms with van der Waals surface area (Å²) in [7, 11) is 0. The van der Waals surface area contributed by atoms with Gasteiger partial charge in [-0.05, 0) is 24.9 Å². The largest absolute Gasteiger partial charge is 0.391 e. The minimum atomic E-state index is -0.345. The maximum absolute atomic E-state index is 12.6. The third kappa shape index (κ3) is 6.12. The second-order valence-corrected chi connectivity index (χ2v) is 6.70. The molecular formula is C18H29Cl2N3O2. The summed E-state index contributed by atoms with van der Waals surface area (Å²) in [5.74, 6) is 0.241. The molecule has 142 valence electrons. The maximum Gasteiger partial charge on any atom is 0.237 e. The Morgan fingerprint density at radius 2 is 1.96 bits per heavy atom. The van der Waals surface area contributed by atoms with Crippen LogP contribution in [0.1, 0.15) is 24.8 Å². The number of piperidine rings is 1. The second-order valence-electron chi connectivity index (χ2n) is 6.70. The van der Waals surface area contributed by atoms with E-state index in [-0.39, 0.29) is 48.8 Å². The molecule has 2 aliphatic heterocycles. The molecule has 1 aromatic carbocycles. The molecule has 3 rings (SSSR count). The molecule has 25 heavy (non-hydrogen) atoms. The highest BCUT2D eigenvalue weighted by atomic mass is 35.5. The molecule has 3 unspecified atom stereocenters. The number of amides is 1. The van der Waals surface area contributed by atoms with Crippen LogP contribution in [-0.4, -0.2) is 54.2 Å². The van der Waals surface area contributed by atoms with Crippen molar-refractivity contribution in [1.29, 1.82) is 0 Å². The SMILES string of the molecule is Cl.Cl.O=C(NCC1CNCC1O)C1CCCCN1Cc1ccccc1. The molecule has 0 radical (unpaired) electrons. The van der Waals surface area contributed by atoms with Gasteiger partial charge in [0.05, 0.1) is 12.1 Å². The predicted molar refractivity (Wildman–Crippen MR) is 104 cm³/mol. The van der Waals surface area contributed by atoms with Crippen LogP contribution >= 0.6 is 24.8 Å². The highest BCUT2D eigenvalue weighted by molar-refractivity contribution is 5.85. The topological polar surface area (TPSA) is 64.6 Å². The average molecular weight is 390 g/mol. The molecule has 2 fully saturated rings. The van der Waals surface area contributed by atoms with Crippen LogP contribution in [0.25, 0.3) is 0 Å². The van der Waals surface area contributed by atoms with Crippen molar-refractivity contribution < 1.29 is 9.90 Å². The number of aliphatic hydroxyl groups excluding tert-OH is 1. The lowest BCUT2D eigenvalue weighted by molar-refractivity contribution is -0.128. The maximum atomic E-state index is 12.6. The van der Waals surface area contributed by atoms with E-state index in [1.165, 1.54) is 5.56 Å². The lowest BCUT2D eigenvalue weighted by Crippen LogP contribution is -2.50. The fourth-order valence-corrected chi connectivity index (χ4v) is 3.57. The molecule has 0 bridgehead atoms. The Bertz CT molecular complexity index is 518. The van der Waals surface area contributed by atoms with Gasteiger partial charge in [-0.25, -0.2) is 0 Å². The van der Waals surface area contributed by atoms with Crippen molar-refractivity contribution in [2.24, 2.45) is 5.92 Å². The van der Waals surface area contributed by atoms with E-state index in [9.17, 15) is 9.90 Å². The molecule has 5 nitrogen and oxygen atoms in total. The molecule has 2 saturated heterocycles. The van der Waals surface area contributed by atoms with Gasteiger partial charge < -0.3 is 15.7 Å². The number of carbonyl (C=O) groups excluding carboxylic acids is 1. The molecule has 0 saturated carbocycles. The number of carbonyl (C=O) groups is 1. The Morgan fingerprint density at radius 3 is 2.64 bits per heavy atom.